The van der Waals surface area contributed by atoms with Gasteiger partial charge in [-0.25, -0.2) is 0 Å². The van der Waals surface area contributed by atoms with E-state index in [1.54, 1.807) is 0 Å². The summed E-state index contributed by atoms with van der Waals surface area (Å²) in [6.07, 6.45) is 96.5. The van der Waals surface area contributed by atoms with E-state index in [1.807, 2.05) is 0 Å². The highest BCUT2D eigenvalue weighted by Crippen LogP contribution is 2.16. The van der Waals surface area contributed by atoms with Gasteiger partial charge in [0.05, 0.1) is 0 Å². The third-order valence-electron chi connectivity index (χ3n) is 14.7. The minimum Gasteiger partial charge on any atom is -0.462 e. The number of hydrogen-bond acceptors (Lipinski definition) is 6. The summed E-state index contributed by atoms with van der Waals surface area (Å²) in [7, 11) is 0. The first-order valence-corrected chi connectivity index (χ1v) is 34.5. The Labute approximate surface area is 507 Å². The van der Waals surface area contributed by atoms with Crippen molar-refractivity contribution < 1.29 is 28.6 Å². The Morgan fingerprint density at radius 2 is 0.500 bits per heavy atom. The van der Waals surface area contributed by atoms with Crippen LogP contribution in [0.3, 0.4) is 0 Å². The largest absolute Gasteiger partial charge is 0.462 e. The molecule has 1 unspecified atom stereocenters. The molecule has 0 aliphatic heterocycles. The van der Waals surface area contributed by atoms with Gasteiger partial charge < -0.3 is 14.2 Å². The van der Waals surface area contributed by atoms with E-state index < -0.39 is 6.10 Å². The highest BCUT2D eigenvalue weighted by atomic mass is 16.6. The monoisotopic (exact) mass is 1140 g/mol. The Hall–Kier alpha value is -4.19. The molecule has 0 aromatic carbocycles. The van der Waals surface area contributed by atoms with E-state index in [-0.39, 0.29) is 31.1 Å². The summed E-state index contributed by atoms with van der Waals surface area (Å²) in [6, 6.07) is 0. The molecule has 0 rings (SSSR count). The maximum absolute atomic E-state index is 12.9. The zero-order valence-corrected chi connectivity index (χ0v) is 53.7. The van der Waals surface area contributed by atoms with Crippen molar-refractivity contribution in [2.24, 2.45) is 0 Å². The Morgan fingerprint density at radius 3 is 0.805 bits per heavy atom. The average Bonchev–Trinajstić information content (AvgIpc) is 3.48. The molecule has 0 heterocycles. The third-order valence-corrected chi connectivity index (χ3v) is 14.7. The normalized spacial score (nSPS) is 12.9. The summed E-state index contributed by atoms with van der Waals surface area (Å²) in [4.78, 5) is 38.3. The summed E-state index contributed by atoms with van der Waals surface area (Å²) >= 11 is 0. The number of hydrogen-bond donors (Lipinski definition) is 0. The fourth-order valence-corrected chi connectivity index (χ4v) is 9.52. The second kappa shape index (κ2) is 69.3. The number of esters is 3. The summed E-state index contributed by atoms with van der Waals surface area (Å²) in [5.74, 6) is -0.900. The number of ether oxygens (including phenoxy) is 3. The van der Waals surface area contributed by atoms with Crippen molar-refractivity contribution in [3.63, 3.8) is 0 Å². The van der Waals surface area contributed by atoms with Gasteiger partial charge in [0, 0.05) is 19.3 Å². The zero-order valence-electron chi connectivity index (χ0n) is 53.7. The fourth-order valence-electron chi connectivity index (χ4n) is 9.52. The molecular weight excluding hydrogens is 1010 g/mol. The van der Waals surface area contributed by atoms with E-state index in [1.165, 1.54) is 148 Å². The SMILES string of the molecule is CC/C=C\C/C=C\C/C=C\C/C=C\C/C=C\C/C=C\CCCCCCCCCCC(=O)OCC(COC(=O)CCCCCCC/C=C\CCC)OC(=O)CCCCCCCCCCCCCC/C=C\C/C=C\C/C=C\CCCCCCC. The fraction of sp³-hybridized carbons (Fsp3) is 0.697. The predicted molar refractivity (Wildman–Crippen MR) is 357 cm³/mol. The smallest absolute Gasteiger partial charge is 0.306 e. The van der Waals surface area contributed by atoms with Gasteiger partial charge in [0.25, 0.3) is 0 Å². The minimum absolute atomic E-state index is 0.0866. The van der Waals surface area contributed by atoms with Crippen LogP contribution in [0.1, 0.15) is 323 Å². The second-order valence-corrected chi connectivity index (χ2v) is 22.7. The topological polar surface area (TPSA) is 78.9 Å². The molecule has 0 N–H and O–H groups in total. The molecular formula is C76H128O6. The Bertz CT molecular complexity index is 1690. The first kappa shape index (κ1) is 77.8. The zero-order chi connectivity index (χ0) is 59.2. The van der Waals surface area contributed by atoms with Gasteiger partial charge in [0.2, 0.25) is 0 Å². The Kier molecular flexibility index (Phi) is 65.8. The van der Waals surface area contributed by atoms with Crippen molar-refractivity contribution in [3.05, 3.63) is 122 Å². The van der Waals surface area contributed by atoms with Crippen LogP contribution in [-0.2, 0) is 28.6 Å². The first-order valence-electron chi connectivity index (χ1n) is 34.5. The molecule has 0 saturated carbocycles. The van der Waals surface area contributed by atoms with Gasteiger partial charge >= 0.3 is 17.9 Å². The molecule has 1 atom stereocenters. The lowest BCUT2D eigenvalue weighted by molar-refractivity contribution is -0.167. The summed E-state index contributed by atoms with van der Waals surface area (Å²) in [5.41, 5.74) is 0. The minimum atomic E-state index is -0.790. The van der Waals surface area contributed by atoms with Crippen LogP contribution in [-0.4, -0.2) is 37.2 Å². The number of unbranched alkanes of at least 4 members (excludes halogenated alkanes) is 31. The molecule has 82 heavy (non-hydrogen) atoms. The molecule has 0 aliphatic carbocycles. The van der Waals surface area contributed by atoms with Crippen molar-refractivity contribution in [1.29, 1.82) is 0 Å². The van der Waals surface area contributed by atoms with Gasteiger partial charge in [-0.15, -0.1) is 0 Å². The quantitative estimate of drug-likeness (QED) is 0.0261. The lowest BCUT2D eigenvalue weighted by atomic mass is 10.0. The molecule has 0 spiro atoms. The van der Waals surface area contributed by atoms with Gasteiger partial charge in [-0.3, -0.25) is 14.4 Å². The van der Waals surface area contributed by atoms with Crippen LogP contribution < -0.4 is 0 Å². The highest BCUT2D eigenvalue weighted by molar-refractivity contribution is 5.71. The number of carbonyl (C=O) groups is 3. The second-order valence-electron chi connectivity index (χ2n) is 22.7. The van der Waals surface area contributed by atoms with Gasteiger partial charge in [-0.2, -0.15) is 0 Å². The average molecular weight is 1140 g/mol. The van der Waals surface area contributed by atoms with E-state index in [4.69, 9.17) is 14.2 Å². The lowest BCUT2D eigenvalue weighted by Gasteiger charge is -2.18. The molecule has 0 amide bonds. The number of rotatable bonds is 62. The Balaban J connectivity index is 4.25. The molecule has 0 aromatic heterocycles. The standard InChI is InChI=1S/C76H128O6/c1-4-7-10-13-16-19-22-24-26-28-30-32-34-36-38-40-42-44-46-48-50-52-54-57-60-63-66-69-75(78)81-72-73(71-80-74(77)68-65-62-59-56-21-18-15-12-9-6-3)82-76(79)70-67-64-61-58-55-53-51-49-47-45-43-41-39-37-35-33-31-29-27-25-23-20-17-14-11-8-5-2/h7,10,12,15-16,19,23-26,29-32,35-38,42,44,73H,4-6,8-9,11,13-14,17-18,20-22,27-28,33-34,39-41,43,45-72H2,1-3H3/b10-7-,15-12-,19-16-,25-23-,26-24-,31-29-,32-30-,37-35-,38-36-,44-42-. The predicted octanol–water partition coefficient (Wildman–Crippen LogP) is 23.9. The highest BCUT2D eigenvalue weighted by Gasteiger charge is 2.19. The molecule has 6 nitrogen and oxygen atoms in total. The first-order chi connectivity index (χ1) is 40.5. The summed E-state index contributed by atoms with van der Waals surface area (Å²) in [6.45, 7) is 6.46. The summed E-state index contributed by atoms with van der Waals surface area (Å²) in [5, 5.41) is 0. The molecule has 6 heteroatoms. The van der Waals surface area contributed by atoms with Gasteiger partial charge in [0.15, 0.2) is 6.10 Å². The lowest BCUT2D eigenvalue weighted by Crippen LogP contribution is -2.30. The number of allylic oxidation sites excluding steroid dienone is 20. The Morgan fingerprint density at radius 1 is 0.256 bits per heavy atom. The molecule has 0 bridgehead atoms. The van der Waals surface area contributed by atoms with E-state index in [9.17, 15) is 14.4 Å². The van der Waals surface area contributed by atoms with Gasteiger partial charge in [-0.1, -0.05) is 296 Å². The molecule has 0 saturated heterocycles. The van der Waals surface area contributed by atoms with Crippen molar-refractivity contribution >= 4 is 17.9 Å². The van der Waals surface area contributed by atoms with E-state index in [0.717, 1.165) is 135 Å². The molecule has 0 fully saturated rings. The molecule has 468 valence electrons. The van der Waals surface area contributed by atoms with Crippen LogP contribution in [0.4, 0.5) is 0 Å². The van der Waals surface area contributed by atoms with E-state index in [0.29, 0.717) is 19.3 Å². The van der Waals surface area contributed by atoms with Crippen molar-refractivity contribution in [2.75, 3.05) is 13.2 Å². The van der Waals surface area contributed by atoms with Crippen molar-refractivity contribution in [1.82, 2.24) is 0 Å². The molecule has 0 aromatic rings. The van der Waals surface area contributed by atoms with E-state index >= 15 is 0 Å². The van der Waals surface area contributed by atoms with Crippen LogP contribution in [0.2, 0.25) is 0 Å². The molecule has 0 aliphatic rings. The van der Waals surface area contributed by atoms with Crippen LogP contribution >= 0.6 is 0 Å². The van der Waals surface area contributed by atoms with Crippen LogP contribution in [0.25, 0.3) is 0 Å². The van der Waals surface area contributed by atoms with Gasteiger partial charge in [0.1, 0.15) is 13.2 Å². The third kappa shape index (κ3) is 66.6. The van der Waals surface area contributed by atoms with Crippen LogP contribution in [0.5, 0.6) is 0 Å². The van der Waals surface area contributed by atoms with E-state index in [2.05, 4.69) is 142 Å². The van der Waals surface area contributed by atoms with Gasteiger partial charge in [-0.05, 0) is 128 Å². The summed E-state index contributed by atoms with van der Waals surface area (Å²) < 4.78 is 16.9. The maximum Gasteiger partial charge on any atom is 0.306 e. The maximum atomic E-state index is 12.9. The van der Waals surface area contributed by atoms with Crippen molar-refractivity contribution in [2.45, 2.75) is 329 Å². The molecule has 0 radical (unpaired) electrons. The van der Waals surface area contributed by atoms with Crippen molar-refractivity contribution in [3.8, 4) is 0 Å². The number of carbonyl (C=O) groups excluding carboxylic acids is 3. The van der Waals surface area contributed by atoms with Crippen LogP contribution in [0, 0.1) is 0 Å². The van der Waals surface area contributed by atoms with Crippen LogP contribution in [0.15, 0.2) is 122 Å².